The van der Waals surface area contributed by atoms with Gasteiger partial charge in [-0.1, -0.05) is 24.3 Å². The Morgan fingerprint density at radius 1 is 0.962 bits per heavy atom. The van der Waals surface area contributed by atoms with E-state index in [9.17, 15) is 0 Å². The second kappa shape index (κ2) is 7.72. The standard InChI is InChI=1S/C21H29N5/c1-17-15-24(2)11-12-26(17)16-18-5-7-19(8-6-18)20-13-23-21(14-22-20)25-9-3-4-10-25/h5-8,13-14,17H,3-4,9-12,15-16H2,1-2H3. The van der Waals surface area contributed by atoms with E-state index >= 15 is 0 Å². The number of hydrogen-bond acceptors (Lipinski definition) is 5. The van der Waals surface area contributed by atoms with Crippen LogP contribution in [0.2, 0.25) is 0 Å². The molecular formula is C21H29N5. The largest absolute Gasteiger partial charge is 0.355 e. The van der Waals surface area contributed by atoms with Crippen LogP contribution >= 0.6 is 0 Å². The molecule has 2 fully saturated rings. The molecule has 3 heterocycles. The van der Waals surface area contributed by atoms with Crippen molar-refractivity contribution in [3.8, 4) is 11.3 Å². The molecule has 0 saturated carbocycles. The number of piperazine rings is 1. The zero-order valence-corrected chi connectivity index (χ0v) is 15.9. The minimum atomic E-state index is 0.609. The fourth-order valence-electron chi connectivity index (χ4n) is 4.01. The highest BCUT2D eigenvalue weighted by Gasteiger charge is 2.21. The minimum Gasteiger partial charge on any atom is -0.355 e. The molecule has 5 nitrogen and oxygen atoms in total. The maximum absolute atomic E-state index is 4.64. The van der Waals surface area contributed by atoms with Crippen LogP contribution in [-0.2, 0) is 6.54 Å². The van der Waals surface area contributed by atoms with Crippen molar-refractivity contribution < 1.29 is 0 Å². The predicted octanol–water partition coefficient (Wildman–Crippen LogP) is 2.88. The predicted molar refractivity (Wildman–Crippen MR) is 106 cm³/mol. The van der Waals surface area contributed by atoms with E-state index in [1.807, 2.05) is 12.4 Å². The van der Waals surface area contributed by atoms with Crippen LogP contribution < -0.4 is 4.90 Å². The Morgan fingerprint density at radius 3 is 2.38 bits per heavy atom. The summed E-state index contributed by atoms with van der Waals surface area (Å²) in [7, 11) is 2.21. The molecule has 1 aromatic carbocycles. The lowest BCUT2D eigenvalue weighted by molar-refractivity contribution is 0.0938. The van der Waals surface area contributed by atoms with Crippen molar-refractivity contribution in [3.63, 3.8) is 0 Å². The quantitative estimate of drug-likeness (QED) is 0.846. The Hall–Kier alpha value is -1.98. The highest BCUT2D eigenvalue weighted by molar-refractivity contribution is 5.59. The van der Waals surface area contributed by atoms with Gasteiger partial charge < -0.3 is 9.80 Å². The fraction of sp³-hybridized carbons (Fsp3) is 0.524. The number of rotatable bonds is 4. The van der Waals surface area contributed by atoms with Crippen LogP contribution in [0.15, 0.2) is 36.7 Å². The Bertz CT molecular complexity index is 706. The van der Waals surface area contributed by atoms with Crippen LogP contribution in [0.25, 0.3) is 11.3 Å². The Kier molecular flexibility index (Phi) is 5.18. The molecular weight excluding hydrogens is 322 g/mol. The van der Waals surface area contributed by atoms with Crippen LogP contribution in [0.3, 0.4) is 0 Å². The van der Waals surface area contributed by atoms with Gasteiger partial charge in [0.2, 0.25) is 0 Å². The molecule has 0 aliphatic carbocycles. The van der Waals surface area contributed by atoms with E-state index in [2.05, 4.69) is 62.9 Å². The van der Waals surface area contributed by atoms with Gasteiger partial charge in [0.25, 0.3) is 0 Å². The SMILES string of the molecule is CC1CN(C)CCN1Cc1ccc(-c2cnc(N3CCCC3)cn2)cc1. The number of nitrogens with zero attached hydrogens (tertiary/aromatic N) is 5. The summed E-state index contributed by atoms with van der Waals surface area (Å²) in [5.41, 5.74) is 3.46. The first-order valence-electron chi connectivity index (χ1n) is 9.78. The number of aromatic nitrogens is 2. The minimum absolute atomic E-state index is 0.609. The van der Waals surface area contributed by atoms with Crippen molar-refractivity contribution in [2.75, 3.05) is 44.7 Å². The molecule has 0 amide bonds. The average molecular weight is 351 g/mol. The molecule has 0 N–H and O–H groups in total. The fourth-order valence-corrected chi connectivity index (χ4v) is 4.01. The van der Waals surface area contributed by atoms with Gasteiger partial charge in [0, 0.05) is 50.9 Å². The van der Waals surface area contributed by atoms with Crippen LogP contribution in [0.4, 0.5) is 5.82 Å². The summed E-state index contributed by atoms with van der Waals surface area (Å²) in [6, 6.07) is 9.43. The van der Waals surface area contributed by atoms with E-state index in [0.29, 0.717) is 6.04 Å². The lowest BCUT2D eigenvalue weighted by Gasteiger charge is -2.38. The van der Waals surface area contributed by atoms with Gasteiger partial charge in [-0.2, -0.15) is 0 Å². The molecule has 2 aliphatic heterocycles. The Morgan fingerprint density at radius 2 is 1.73 bits per heavy atom. The summed E-state index contributed by atoms with van der Waals surface area (Å²) in [6.45, 7) is 9.00. The molecule has 2 saturated heterocycles. The normalized spacial score (nSPS) is 22.1. The van der Waals surface area contributed by atoms with Crippen LogP contribution in [-0.4, -0.2) is 65.6 Å². The molecule has 1 unspecified atom stereocenters. The van der Waals surface area contributed by atoms with E-state index < -0.39 is 0 Å². The van der Waals surface area contributed by atoms with Gasteiger partial charge in [0.05, 0.1) is 18.1 Å². The first kappa shape index (κ1) is 17.4. The smallest absolute Gasteiger partial charge is 0.147 e. The van der Waals surface area contributed by atoms with Gasteiger partial charge in [0.1, 0.15) is 5.82 Å². The van der Waals surface area contributed by atoms with Gasteiger partial charge in [-0.3, -0.25) is 9.88 Å². The molecule has 5 heteroatoms. The van der Waals surface area contributed by atoms with E-state index in [1.165, 1.54) is 18.4 Å². The van der Waals surface area contributed by atoms with Gasteiger partial charge >= 0.3 is 0 Å². The lowest BCUT2D eigenvalue weighted by atomic mass is 10.1. The molecule has 138 valence electrons. The van der Waals surface area contributed by atoms with Crippen molar-refractivity contribution in [2.45, 2.75) is 32.4 Å². The maximum Gasteiger partial charge on any atom is 0.147 e. The summed E-state index contributed by atoms with van der Waals surface area (Å²) in [4.78, 5) is 16.6. The first-order valence-corrected chi connectivity index (χ1v) is 9.78. The number of benzene rings is 1. The van der Waals surface area contributed by atoms with Crippen molar-refractivity contribution in [1.29, 1.82) is 0 Å². The van der Waals surface area contributed by atoms with Crippen LogP contribution in [0.5, 0.6) is 0 Å². The number of likely N-dealkylation sites (N-methyl/N-ethyl adjacent to an activating group) is 1. The zero-order chi connectivity index (χ0) is 17.9. The maximum atomic E-state index is 4.64. The third-order valence-corrected chi connectivity index (χ3v) is 5.67. The van der Waals surface area contributed by atoms with Crippen LogP contribution in [0.1, 0.15) is 25.3 Å². The zero-order valence-electron chi connectivity index (χ0n) is 15.9. The summed E-state index contributed by atoms with van der Waals surface area (Å²) in [5, 5.41) is 0. The molecule has 0 bridgehead atoms. The molecule has 0 spiro atoms. The third-order valence-electron chi connectivity index (χ3n) is 5.67. The van der Waals surface area contributed by atoms with Gasteiger partial charge in [0.15, 0.2) is 0 Å². The van der Waals surface area contributed by atoms with E-state index in [0.717, 1.165) is 56.3 Å². The topological polar surface area (TPSA) is 35.5 Å². The van der Waals surface area contributed by atoms with Gasteiger partial charge in [-0.05, 0) is 32.4 Å². The van der Waals surface area contributed by atoms with Crippen molar-refractivity contribution in [1.82, 2.24) is 19.8 Å². The number of anilines is 1. The highest BCUT2D eigenvalue weighted by Crippen LogP contribution is 2.22. The van der Waals surface area contributed by atoms with E-state index in [-0.39, 0.29) is 0 Å². The first-order chi connectivity index (χ1) is 12.7. The highest BCUT2D eigenvalue weighted by atomic mass is 15.3. The van der Waals surface area contributed by atoms with E-state index in [1.54, 1.807) is 0 Å². The molecule has 2 aromatic rings. The summed E-state index contributed by atoms with van der Waals surface area (Å²) in [5.74, 6) is 1.01. The van der Waals surface area contributed by atoms with E-state index in [4.69, 9.17) is 0 Å². The lowest BCUT2D eigenvalue weighted by Crippen LogP contribution is -2.49. The Labute approximate surface area is 156 Å². The van der Waals surface area contributed by atoms with Crippen LogP contribution in [0, 0.1) is 0 Å². The monoisotopic (exact) mass is 351 g/mol. The molecule has 1 aromatic heterocycles. The molecule has 1 atom stereocenters. The summed E-state index contributed by atoms with van der Waals surface area (Å²) in [6.07, 6.45) is 6.35. The molecule has 26 heavy (non-hydrogen) atoms. The molecule has 2 aliphatic rings. The van der Waals surface area contributed by atoms with Crippen molar-refractivity contribution in [2.24, 2.45) is 0 Å². The summed E-state index contributed by atoms with van der Waals surface area (Å²) < 4.78 is 0. The number of hydrogen-bond donors (Lipinski definition) is 0. The average Bonchev–Trinajstić information content (AvgIpc) is 3.20. The van der Waals surface area contributed by atoms with Crippen molar-refractivity contribution in [3.05, 3.63) is 42.2 Å². The van der Waals surface area contributed by atoms with Gasteiger partial charge in [-0.15, -0.1) is 0 Å². The van der Waals surface area contributed by atoms with Crippen molar-refractivity contribution >= 4 is 5.82 Å². The Balaban J connectivity index is 1.41. The molecule has 4 rings (SSSR count). The third kappa shape index (κ3) is 3.89. The second-order valence-corrected chi connectivity index (χ2v) is 7.73. The second-order valence-electron chi connectivity index (χ2n) is 7.73. The molecule has 0 radical (unpaired) electrons. The summed E-state index contributed by atoms with van der Waals surface area (Å²) >= 11 is 0. The van der Waals surface area contributed by atoms with Gasteiger partial charge in [-0.25, -0.2) is 4.98 Å².